The smallest absolute Gasteiger partial charge is 0.182 e. The third-order valence-electron chi connectivity index (χ3n) is 4.97. The minimum atomic E-state index is 0.735. The van der Waals surface area contributed by atoms with E-state index < -0.39 is 0 Å². The van der Waals surface area contributed by atoms with Crippen LogP contribution in [0.15, 0.2) is 24.7 Å². The number of rotatable bonds is 4. The van der Waals surface area contributed by atoms with E-state index in [1.54, 1.807) is 6.20 Å². The van der Waals surface area contributed by atoms with Gasteiger partial charge in [-0.25, -0.2) is 4.98 Å². The molecule has 27 heavy (non-hydrogen) atoms. The molecule has 0 aliphatic heterocycles. The highest BCUT2D eigenvalue weighted by molar-refractivity contribution is 5.96. The Balaban J connectivity index is 2.02. The summed E-state index contributed by atoms with van der Waals surface area (Å²) in [5.41, 5.74) is 7.49. The molecule has 0 N–H and O–H groups in total. The van der Waals surface area contributed by atoms with Crippen molar-refractivity contribution in [2.24, 2.45) is 7.05 Å². The van der Waals surface area contributed by atoms with Crippen LogP contribution in [0.1, 0.15) is 30.4 Å². The molecule has 4 heterocycles. The topological polar surface area (TPSA) is 74.3 Å². The van der Waals surface area contributed by atoms with Crippen LogP contribution >= 0.6 is 0 Å². The zero-order chi connectivity index (χ0) is 19.1. The highest BCUT2D eigenvalue weighted by Crippen LogP contribution is 2.33. The number of nitrogens with zero attached hydrogens (tertiary/aromatic N) is 7. The Bertz CT molecular complexity index is 1120. The molecule has 0 saturated carbocycles. The summed E-state index contributed by atoms with van der Waals surface area (Å²) in [5.74, 6) is 0. The third kappa shape index (κ3) is 2.89. The first kappa shape index (κ1) is 17.3. The number of fused-ring (bicyclic) bond motifs is 1. The van der Waals surface area contributed by atoms with Crippen LogP contribution in [0, 0.1) is 20.8 Å². The molecule has 7 heteroatoms. The van der Waals surface area contributed by atoms with Crippen molar-refractivity contribution in [2.45, 2.75) is 40.7 Å². The summed E-state index contributed by atoms with van der Waals surface area (Å²) < 4.78 is 3.89. The minimum Gasteiger partial charge on any atom is -0.272 e. The molecule has 0 aliphatic rings. The molecular formula is C20H23N7. The molecule has 0 spiro atoms. The number of aryl methyl sites for hydroxylation is 4. The van der Waals surface area contributed by atoms with Gasteiger partial charge >= 0.3 is 0 Å². The molecular weight excluding hydrogens is 338 g/mol. The maximum Gasteiger partial charge on any atom is 0.182 e. The van der Waals surface area contributed by atoms with E-state index in [1.807, 2.05) is 42.7 Å². The normalized spacial score (nSPS) is 11.4. The SMILES string of the molecule is CCCn1nc2nc(-c3cnn(C)c3C)cc(-c3cnc(C)cn3)c2c1C. The molecule has 0 saturated heterocycles. The maximum absolute atomic E-state index is 4.85. The quantitative estimate of drug-likeness (QED) is 0.555. The summed E-state index contributed by atoms with van der Waals surface area (Å²) in [6, 6.07) is 2.08. The zero-order valence-electron chi connectivity index (χ0n) is 16.4. The van der Waals surface area contributed by atoms with Gasteiger partial charge in [-0.15, -0.1) is 0 Å². The fourth-order valence-corrected chi connectivity index (χ4v) is 3.33. The first-order valence-electron chi connectivity index (χ1n) is 9.15. The Hall–Kier alpha value is -3.09. The van der Waals surface area contributed by atoms with Crippen molar-refractivity contribution < 1.29 is 0 Å². The second-order valence-electron chi connectivity index (χ2n) is 6.87. The van der Waals surface area contributed by atoms with Gasteiger partial charge in [0.25, 0.3) is 0 Å². The number of hydrogen-bond acceptors (Lipinski definition) is 5. The van der Waals surface area contributed by atoms with Gasteiger partial charge in [-0.05, 0) is 33.3 Å². The van der Waals surface area contributed by atoms with Crippen molar-refractivity contribution in [1.29, 1.82) is 0 Å². The number of hydrogen-bond donors (Lipinski definition) is 0. The molecule has 4 aromatic rings. The number of aromatic nitrogens is 7. The molecule has 4 aromatic heterocycles. The molecule has 138 valence electrons. The molecule has 0 aliphatic carbocycles. The van der Waals surface area contributed by atoms with Gasteiger partial charge in [0.15, 0.2) is 5.65 Å². The maximum atomic E-state index is 4.85. The molecule has 0 aromatic carbocycles. The van der Waals surface area contributed by atoms with Gasteiger partial charge in [-0.1, -0.05) is 6.92 Å². The van der Waals surface area contributed by atoms with E-state index in [9.17, 15) is 0 Å². The fraction of sp³-hybridized carbons (Fsp3) is 0.350. The van der Waals surface area contributed by atoms with Gasteiger partial charge in [0.05, 0.1) is 34.9 Å². The van der Waals surface area contributed by atoms with Crippen LogP contribution in [0.2, 0.25) is 0 Å². The van der Waals surface area contributed by atoms with Crippen molar-refractivity contribution >= 4 is 11.0 Å². The molecule has 0 radical (unpaired) electrons. The molecule has 0 unspecified atom stereocenters. The van der Waals surface area contributed by atoms with Gasteiger partial charge in [-0.3, -0.25) is 19.3 Å². The highest BCUT2D eigenvalue weighted by Gasteiger charge is 2.19. The van der Waals surface area contributed by atoms with E-state index in [4.69, 9.17) is 10.1 Å². The van der Waals surface area contributed by atoms with Crippen molar-refractivity contribution in [2.75, 3.05) is 0 Å². The number of pyridine rings is 1. The van der Waals surface area contributed by atoms with Crippen LogP contribution in [-0.4, -0.2) is 34.5 Å². The van der Waals surface area contributed by atoms with Crippen LogP contribution < -0.4 is 0 Å². The molecule has 7 nitrogen and oxygen atoms in total. The summed E-state index contributed by atoms with van der Waals surface area (Å²) in [6.07, 6.45) is 6.48. The summed E-state index contributed by atoms with van der Waals surface area (Å²) in [5, 5.41) is 10.2. The van der Waals surface area contributed by atoms with Gasteiger partial charge < -0.3 is 0 Å². The van der Waals surface area contributed by atoms with Crippen LogP contribution in [0.3, 0.4) is 0 Å². The van der Waals surface area contributed by atoms with Crippen molar-refractivity contribution in [3.63, 3.8) is 0 Å². The predicted molar refractivity (Wildman–Crippen MR) is 105 cm³/mol. The molecule has 0 fully saturated rings. The van der Waals surface area contributed by atoms with Gasteiger partial charge in [0, 0.05) is 42.3 Å². The van der Waals surface area contributed by atoms with E-state index in [1.165, 1.54) is 0 Å². The van der Waals surface area contributed by atoms with Crippen molar-refractivity contribution in [3.05, 3.63) is 41.7 Å². The van der Waals surface area contributed by atoms with Crippen molar-refractivity contribution in [3.8, 4) is 22.5 Å². The lowest BCUT2D eigenvalue weighted by molar-refractivity contribution is 0.592. The molecule has 0 bridgehead atoms. The lowest BCUT2D eigenvalue weighted by Gasteiger charge is -2.07. The second kappa shape index (κ2) is 6.57. The van der Waals surface area contributed by atoms with E-state index >= 15 is 0 Å². The summed E-state index contributed by atoms with van der Waals surface area (Å²) in [7, 11) is 1.93. The van der Waals surface area contributed by atoms with Crippen LogP contribution in [-0.2, 0) is 13.6 Å². The van der Waals surface area contributed by atoms with E-state index in [-0.39, 0.29) is 0 Å². The fourth-order valence-electron chi connectivity index (χ4n) is 3.33. The molecule has 0 amide bonds. The summed E-state index contributed by atoms with van der Waals surface area (Å²) in [6.45, 7) is 9.08. The summed E-state index contributed by atoms with van der Waals surface area (Å²) >= 11 is 0. The van der Waals surface area contributed by atoms with E-state index in [2.05, 4.69) is 35.0 Å². The average Bonchev–Trinajstić information content (AvgIpc) is 3.15. The third-order valence-corrected chi connectivity index (χ3v) is 4.97. The Morgan fingerprint density at radius 3 is 2.37 bits per heavy atom. The van der Waals surface area contributed by atoms with E-state index in [0.29, 0.717) is 0 Å². The van der Waals surface area contributed by atoms with Crippen LogP contribution in [0.4, 0.5) is 0 Å². The second-order valence-corrected chi connectivity index (χ2v) is 6.87. The van der Waals surface area contributed by atoms with Crippen LogP contribution in [0.25, 0.3) is 33.5 Å². The Morgan fingerprint density at radius 1 is 0.926 bits per heavy atom. The Labute approximate surface area is 158 Å². The minimum absolute atomic E-state index is 0.735. The first-order valence-corrected chi connectivity index (χ1v) is 9.15. The predicted octanol–water partition coefficient (Wildman–Crippen LogP) is 3.62. The standard InChI is InChI=1S/C20H23N7/c1-6-7-27-14(4)19-15(18-11-21-12(2)9-22-18)8-17(24-20(19)25-27)16-10-23-26(5)13(16)3/h8-11H,6-7H2,1-5H3. The first-order chi connectivity index (χ1) is 13.0. The molecule has 4 rings (SSSR count). The van der Waals surface area contributed by atoms with Gasteiger partial charge in [-0.2, -0.15) is 10.2 Å². The van der Waals surface area contributed by atoms with Crippen LogP contribution in [0.5, 0.6) is 0 Å². The molecule has 0 atom stereocenters. The highest BCUT2D eigenvalue weighted by atomic mass is 15.3. The summed E-state index contributed by atoms with van der Waals surface area (Å²) in [4.78, 5) is 13.9. The van der Waals surface area contributed by atoms with Gasteiger partial charge in [0.1, 0.15) is 0 Å². The monoisotopic (exact) mass is 361 g/mol. The average molecular weight is 361 g/mol. The largest absolute Gasteiger partial charge is 0.272 e. The van der Waals surface area contributed by atoms with Crippen molar-refractivity contribution in [1.82, 2.24) is 34.5 Å². The lowest BCUT2D eigenvalue weighted by Crippen LogP contribution is -2.00. The zero-order valence-corrected chi connectivity index (χ0v) is 16.4. The van der Waals surface area contributed by atoms with Gasteiger partial charge in [0.2, 0.25) is 0 Å². The Kier molecular flexibility index (Phi) is 4.22. The van der Waals surface area contributed by atoms with E-state index in [0.717, 1.165) is 63.6 Å². The Morgan fingerprint density at radius 2 is 1.74 bits per heavy atom. The lowest BCUT2D eigenvalue weighted by atomic mass is 10.0.